The molecule has 0 atom stereocenters. The van der Waals surface area contributed by atoms with Crippen molar-refractivity contribution in [1.82, 2.24) is 0 Å². The normalized spacial score (nSPS) is 11.2. The average molecular weight is 557 g/mol. The molecule has 0 saturated carbocycles. The summed E-state index contributed by atoms with van der Waals surface area (Å²) in [5.74, 6) is -0.706. The van der Waals surface area contributed by atoms with E-state index in [4.69, 9.17) is 18.3 Å². The van der Waals surface area contributed by atoms with Crippen molar-refractivity contribution in [2.24, 2.45) is 0 Å². The lowest BCUT2D eigenvalue weighted by atomic mass is 10.0. The Morgan fingerprint density at radius 3 is 2.44 bits per heavy atom. The molecule has 3 aromatic carbocycles. The number of rotatable bonds is 10. The van der Waals surface area contributed by atoms with Gasteiger partial charge < -0.3 is 28.5 Å². The van der Waals surface area contributed by atoms with Gasteiger partial charge in [-0.05, 0) is 31.0 Å². The molecular formula is C32H28O9. The third kappa shape index (κ3) is 5.51. The van der Waals surface area contributed by atoms with Gasteiger partial charge in [-0.3, -0.25) is 9.59 Å². The molecule has 2 N–H and O–H groups in total. The zero-order valence-corrected chi connectivity index (χ0v) is 22.6. The Kier molecular flexibility index (Phi) is 7.78. The molecule has 2 aromatic heterocycles. The maximum Gasteiger partial charge on any atom is 0.371 e. The molecule has 0 fully saturated rings. The number of benzene rings is 3. The Morgan fingerprint density at radius 1 is 0.951 bits per heavy atom. The van der Waals surface area contributed by atoms with E-state index in [2.05, 4.69) is 0 Å². The van der Waals surface area contributed by atoms with E-state index < -0.39 is 17.2 Å². The van der Waals surface area contributed by atoms with Crippen LogP contribution in [0.1, 0.15) is 41.6 Å². The molecule has 9 heteroatoms. The summed E-state index contributed by atoms with van der Waals surface area (Å²) in [5.41, 5.74) is 1.42. The Morgan fingerprint density at radius 2 is 1.71 bits per heavy atom. The van der Waals surface area contributed by atoms with Gasteiger partial charge in [0, 0.05) is 30.2 Å². The number of phenolic OH excluding ortho intramolecular Hbond substituents is 1. The molecule has 41 heavy (non-hydrogen) atoms. The fraction of sp³-hybridized carbons (Fsp3) is 0.219. The van der Waals surface area contributed by atoms with Gasteiger partial charge in [0.25, 0.3) is 0 Å². The number of carboxylic acid groups (broad SMARTS) is 1. The van der Waals surface area contributed by atoms with Crippen LogP contribution in [0.4, 0.5) is 0 Å². The highest BCUT2D eigenvalue weighted by Gasteiger charge is 2.19. The number of carboxylic acids is 1. The third-order valence-electron chi connectivity index (χ3n) is 6.67. The van der Waals surface area contributed by atoms with E-state index in [1.807, 2.05) is 37.3 Å². The fourth-order valence-corrected chi connectivity index (χ4v) is 4.82. The molecule has 5 aromatic rings. The van der Waals surface area contributed by atoms with Gasteiger partial charge >= 0.3 is 5.97 Å². The molecule has 0 aliphatic carbocycles. The maximum atomic E-state index is 13.2. The first kappa shape index (κ1) is 27.5. The molecule has 0 saturated heterocycles. The summed E-state index contributed by atoms with van der Waals surface area (Å²) in [6.07, 6.45) is 1.73. The molecule has 0 radical (unpaired) electrons. The van der Waals surface area contributed by atoms with Gasteiger partial charge in [-0.25, -0.2) is 4.79 Å². The van der Waals surface area contributed by atoms with Gasteiger partial charge in [-0.1, -0.05) is 43.7 Å². The van der Waals surface area contributed by atoms with Gasteiger partial charge in [0.1, 0.15) is 39.6 Å². The lowest BCUT2D eigenvalue weighted by Gasteiger charge is -2.14. The van der Waals surface area contributed by atoms with Gasteiger partial charge in [0.2, 0.25) is 11.2 Å². The second-order valence-corrected chi connectivity index (χ2v) is 9.54. The van der Waals surface area contributed by atoms with E-state index in [0.717, 1.165) is 12.5 Å². The van der Waals surface area contributed by atoms with Crippen molar-refractivity contribution in [2.45, 2.75) is 33.1 Å². The summed E-state index contributed by atoms with van der Waals surface area (Å²) >= 11 is 0. The maximum absolute atomic E-state index is 13.2. The Labute approximate surface area is 234 Å². The highest BCUT2D eigenvalue weighted by molar-refractivity contribution is 5.90. The monoisotopic (exact) mass is 556 g/mol. The molecule has 9 nitrogen and oxygen atoms in total. The molecule has 210 valence electrons. The van der Waals surface area contributed by atoms with Crippen molar-refractivity contribution in [3.63, 3.8) is 0 Å². The molecule has 0 spiro atoms. The van der Waals surface area contributed by atoms with Gasteiger partial charge in [-0.15, -0.1) is 0 Å². The lowest BCUT2D eigenvalue weighted by molar-refractivity contribution is 0.0663. The SMILES string of the molecule is CCCc1c(OCCCOc2cc(O)c3c(=O)c(-c4ccccc4)c(C)oc3c2)ccc2c(=O)cc(C(=O)O)oc12. The number of ether oxygens (including phenoxy) is 2. The van der Waals surface area contributed by atoms with Crippen LogP contribution in [0.3, 0.4) is 0 Å². The van der Waals surface area contributed by atoms with Gasteiger partial charge in [0.15, 0.2) is 5.43 Å². The van der Waals surface area contributed by atoms with E-state index in [1.54, 1.807) is 25.1 Å². The van der Waals surface area contributed by atoms with Crippen LogP contribution in [0.15, 0.2) is 79.1 Å². The first-order valence-corrected chi connectivity index (χ1v) is 13.2. The minimum Gasteiger partial charge on any atom is -0.507 e. The quantitative estimate of drug-likeness (QED) is 0.196. The second-order valence-electron chi connectivity index (χ2n) is 9.54. The average Bonchev–Trinajstić information content (AvgIpc) is 2.94. The number of fused-ring (bicyclic) bond motifs is 2. The van der Waals surface area contributed by atoms with Crippen molar-refractivity contribution in [2.75, 3.05) is 13.2 Å². The zero-order chi connectivity index (χ0) is 29.1. The van der Waals surface area contributed by atoms with E-state index in [0.29, 0.717) is 52.2 Å². The van der Waals surface area contributed by atoms with Crippen LogP contribution in [0.5, 0.6) is 17.2 Å². The Balaban J connectivity index is 1.30. The van der Waals surface area contributed by atoms with Crippen molar-refractivity contribution < 1.29 is 33.3 Å². The van der Waals surface area contributed by atoms with Gasteiger partial charge in [-0.2, -0.15) is 0 Å². The summed E-state index contributed by atoms with van der Waals surface area (Å²) in [6, 6.07) is 16.3. The van der Waals surface area contributed by atoms with Crippen LogP contribution >= 0.6 is 0 Å². The Hall–Kier alpha value is -5.05. The minimum atomic E-state index is -1.32. The predicted molar refractivity (Wildman–Crippen MR) is 153 cm³/mol. The summed E-state index contributed by atoms with van der Waals surface area (Å²) in [6.45, 7) is 4.17. The number of hydrogen-bond donors (Lipinski definition) is 2. The molecule has 0 unspecified atom stereocenters. The molecular weight excluding hydrogens is 528 g/mol. The van der Waals surface area contributed by atoms with Crippen LogP contribution in [0.25, 0.3) is 33.1 Å². The molecule has 2 heterocycles. The topological polar surface area (TPSA) is 136 Å². The van der Waals surface area contributed by atoms with E-state index in [1.165, 1.54) is 6.07 Å². The fourth-order valence-electron chi connectivity index (χ4n) is 4.82. The molecule has 0 bridgehead atoms. The van der Waals surface area contributed by atoms with E-state index in [-0.39, 0.29) is 40.9 Å². The van der Waals surface area contributed by atoms with E-state index in [9.17, 15) is 24.6 Å². The third-order valence-corrected chi connectivity index (χ3v) is 6.67. The van der Waals surface area contributed by atoms with E-state index >= 15 is 0 Å². The number of aryl methyl sites for hydroxylation is 2. The highest BCUT2D eigenvalue weighted by atomic mass is 16.5. The lowest BCUT2D eigenvalue weighted by Crippen LogP contribution is -2.10. The van der Waals surface area contributed by atoms with Crippen LogP contribution in [0.2, 0.25) is 0 Å². The summed E-state index contributed by atoms with van der Waals surface area (Å²) < 4.78 is 23.2. The number of carbonyl (C=O) groups is 1. The van der Waals surface area contributed by atoms with Gasteiger partial charge in [0.05, 0.1) is 24.2 Å². The van der Waals surface area contributed by atoms with Crippen molar-refractivity contribution in [3.05, 3.63) is 98.2 Å². The van der Waals surface area contributed by atoms with Crippen LogP contribution in [0, 0.1) is 6.92 Å². The highest BCUT2D eigenvalue weighted by Crippen LogP contribution is 2.33. The number of hydrogen-bond acceptors (Lipinski definition) is 8. The summed E-state index contributed by atoms with van der Waals surface area (Å²) in [7, 11) is 0. The summed E-state index contributed by atoms with van der Waals surface area (Å²) in [4.78, 5) is 37.0. The number of aromatic carboxylic acids is 1. The van der Waals surface area contributed by atoms with Crippen LogP contribution in [-0.4, -0.2) is 29.4 Å². The number of phenols is 1. The predicted octanol–water partition coefficient (Wildman–Crippen LogP) is 6.08. The smallest absolute Gasteiger partial charge is 0.371 e. The zero-order valence-electron chi connectivity index (χ0n) is 22.6. The molecule has 0 amide bonds. The van der Waals surface area contributed by atoms with Crippen molar-refractivity contribution >= 4 is 27.9 Å². The summed E-state index contributed by atoms with van der Waals surface area (Å²) in [5, 5.41) is 20.3. The standard InChI is InChI=1S/C32H28O9/c1-3-8-22-25(12-11-21-23(33)17-27(32(36)37)41-31(21)22)39-14-7-13-38-20-15-24(34)29-26(16-20)40-18(2)28(30(29)35)19-9-5-4-6-10-19/h4-6,9-12,15-17,34H,3,7-8,13-14H2,1-2H3,(H,36,37). The second kappa shape index (κ2) is 11.6. The molecule has 0 aliphatic rings. The molecule has 0 aliphatic heterocycles. The van der Waals surface area contributed by atoms with Crippen molar-refractivity contribution in [1.29, 1.82) is 0 Å². The first-order valence-electron chi connectivity index (χ1n) is 13.2. The largest absolute Gasteiger partial charge is 0.507 e. The van der Waals surface area contributed by atoms with Crippen LogP contribution < -0.4 is 20.3 Å². The van der Waals surface area contributed by atoms with Crippen LogP contribution in [-0.2, 0) is 6.42 Å². The van der Waals surface area contributed by atoms with Crippen molar-refractivity contribution in [3.8, 4) is 28.4 Å². The first-order chi connectivity index (χ1) is 19.8. The number of aromatic hydroxyl groups is 1. The molecule has 5 rings (SSSR count). The Bertz CT molecular complexity index is 1870. The minimum absolute atomic E-state index is 0.0857.